The van der Waals surface area contributed by atoms with Gasteiger partial charge < -0.3 is 20.5 Å². The normalized spacial score (nSPS) is 11.7. The van der Waals surface area contributed by atoms with Gasteiger partial charge in [-0.3, -0.25) is 0 Å². The van der Waals surface area contributed by atoms with E-state index in [0.717, 1.165) is 5.56 Å². The molecule has 0 aromatic heterocycles. The second-order valence-electron chi connectivity index (χ2n) is 4.37. The van der Waals surface area contributed by atoms with E-state index >= 15 is 0 Å². The van der Waals surface area contributed by atoms with Crippen LogP contribution in [0.15, 0.2) is 24.3 Å². The number of hydrogen-bond acceptors (Lipinski definition) is 3. The highest BCUT2D eigenvalue weighted by atomic mass is 16.5. The summed E-state index contributed by atoms with van der Waals surface area (Å²) in [7, 11) is 1.57. The van der Waals surface area contributed by atoms with Crippen molar-refractivity contribution in [1.82, 2.24) is 5.32 Å². The number of carboxylic acids is 1. The third kappa shape index (κ3) is 4.89. The Balaban J connectivity index is 2.68. The Morgan fingerprint density at radius 1 is 1.35 bits per heavy atom. The highest BCUT2D eigenvalue weighted by Crippen LogP contribution is 2.15. The van der Waals surface area contributed by atoms with Crippen molar-refractivity contribution in [2.75, 3.05) is 12.4 Å². The number of rotatable bonds is 7. The van der Waals surface area contributed by atoms with Gasteiger partial charge in [-0.2, -0.15) is 0 Å². The average Bonchev–Trinajstić information content (AvgIpc) is 2.40. The molecule has 0 heterocycles. The van der Waals surface area contributed by atoms with Crippen LogP contribution in [0, 0.1) is 0 Å². The van der Waals surface area contributed by atoms with Crippen molar-refractivity contribution in [1.29, 1.82) is 0 Å². The predicted molar refractivity (Wildman–Crippen MR) is 75.6 cm³/mol. The number of urea groups is 1. The molecule has 0 unspecified atom stereocenters. The van der Waals surface area contributed by atoms with E-state index in [1.165, 1.54) is 0 Å². The van der Waals surface area contributed by atoms with Gasteiger partial charge >= 0.3 is 12.0 Å². The van der Waals surface area contributed by atoms with E-state index in [-0.39, 0.29) is 0 Å². The summed E-state index contributed by atoms with van der Waals surface area (Å²) in [6.07, 6.45) is 1.07. The average molecular weight is 280 g/mol. The summed E-state index contributed by atoms with van der Waals surface area (Å²) in [5.74, 6) is -1.04. The van der Waals surface area contributed by atoms with Gasteiger partial charge in [0.1, 0.15) is 6.04 Å². The van der Waals surface area contributed by atoms with Crippen molar-refractivity contribution in [3.63, 3.8) is 0 Å². The number of para-hydroxylation sites is 1. The molecule has 0 fully saturated rings. The maximum Gasteiger partial charge on any atom is 0.326 e. The van der Waals surface area contributed by atoms with Crippen molar-refractivity contribution >= 4 is 17.7 Å². The molecule has 1 atom stereocenters. The van der Waals surface area contributed by atoms with Crippen molar-refractivity contribution < 1.29 is 19.4 Å². The van der Waals surface area contributed by atoms with Gasteiger partial charge in [0.05, 0.1) is 6.61 Å². The van der Waals surface area contributed by atoms with Crippen LogP contribution >= 0.6 is 0 Å². The lowest BCUT2D eigenvalue weighted by molar-refractivity contribution is -0.139. The number of benzene rings is 1. The summed E-state index contributed by atoms with van der Waals surface area (Å²) in [5, 5.41) is 14.1. The quantitative estimate of drug-likeness (QED) is 0.714. The maximum absolute atomic E-state index is 11.8. The molecule has 110 valence electrons. The number of hydrogen-bond donors (Lipinski definition) is 3. The van der Waals surface area contributed by atoms with Gasteiger partial charge in [-0.25, -0.2) is 9.59 Å². The van der Waals surface area contributed by atoms with Gasteiger partial charge in [0.25, 0.3) is 0 Å². The third-order valence-electron chi connectivity index (χ3n) is 2.75. The summed E-state index contributed by atoms with van der Waals surface area (Å²) in [4.78, 5) is 22.8. The van der Waals surface area contributed by atoms with Crippen LogP contribution in [0.1, 0.15) is 25.3 Å². The summed E-state index contributed by atoms with van der Waals surface area (Å²) in [6, 6.07) is 5.79. The van der Waals surface area contributed by atoms with E-state index in [0.29, 0.717) is 25.1 Å². The number of amides is 2. The monoisotopic (exact) mass is 280 g/mol. The molecule has 0 aliphatic carbocycles. The molecule has 0 saturated carbocycles. The van der Waals surface area contributed by atoms with E-state index in [2.05, 4.69) is 10.6 Å². The standard InChI is InChI=1S/C14H20N2O4/c1-3-6-12(13(17)18)16-14(19)15-11-8-5-4-7-10(11)9-20-2/h4-5,7-8,12H,3,6,9H2,1-2H3,(H,17,18)(H2,15,16,19)/t12-/m0/s1. The van der Waals surface area contributed by atoms with Crippen LogP contribution in [-0.4, -0.2) is 30.3 Å². The first-order chi connectivity index (χ1) is 9.58. The van der Waals surface area contributed by atoms with Gasteiger partial charge in [0, 0.05) is 18.4 Å². The first-order valence-electron chi connectivity index (χ1n) is 6.45. The van der Waals surface area contributed by atoms with Gasteiger partial charge in [0.15, 0.2) is 0 Å². The largest absolute Gasteiger partial charge is 0.480 e. The molecule has 1 aromatic rings. The van der Waals surface area contributed by atoms with Crippen LogP contribution < -0.4 is 10.6 Å². The number of carboxylic acid groups (broad SMARTS) is 1. The number of carbonyl (C=O) groups is 2. The Hall–Kier alpha value is -2.08. The zero-order valence-electron chi connectivity index (χ0n) is 11.7. The molecule has 20 heavy (non-hydrogen) atoms. The van der Waals surface area contributed by atoms with E-state index in [1.54, 1.807) is 19.2 Å². The summed E-state index contributed by atoms with van der Waals surface area (Å²) >= 11 is 0. The van der Waals surface area contributed by atoms with Crippen molar-refractivity contribution in [3.8, 4) is 0 Å². The number of ether oxygens (including phenoxy) is 1. The number of aliphatic carboxylic acids is 1. The highest BCUT2D eigenvalue weighted by molar-refractivity contribution is 5.92. The Morgan fingerprint density at radius 3 is 2.65 bits per heavy atom. The van der Waals surface area contributed by atoms with Crippen LogP contribution in [0.2, 0.25) is 0 Å². The zero-order chi connectivity index (χ0) is 15.0. The molecule has 0 saturated heterocycles. The SMILES string of the molecule is CCC[C@H](NC(=O)Nc1ccccc1COC)C(=O)O. The minimum Gasteiger partial charge on any atom is -0.480 e. The predicted octanol–water partition coefficient (Wildman–Crippen LogP) is 2.21. The minimum absolute atomic E-state index is 0.369. The van der Waals surface area contributed by atoms with Crippen molar-refractivity contribution in [2.24, 2.45) is 0 Å². The Kier molecular flexibility index (Phi) is 6.52. The third-order valence-corrected chi connectivity index (χ3v) is 2.75. The molecule has 0 bridgehead atoms. The zero-order valence-corrected chi connectivity index (χ0v) is 11.7. The number of anilines is 1. The minimum atomic E-state index is -1.04. The molecule has 1 aromatic carbocycles. The van der Waals surface area contributed by atoms with Crippen molar-refractivity contribution in [3.05, 3.63) is 29.8 Å². The Morgan fingerprint density at radius 2 is 2.05 bits per heavy atom. The molecule has 3 N–H and O–H groups in total. The maximum atomic E-state index is 11.8. The molecule has 0 aliphatic heterocycles. The molecule has 0 spiro atoms. The van der Waals surface area contributed by atoms with E-state index in [1.807, 2.05) is 19.1 Å². The molecule has 0 radical (unpaired) electrons. The van der Waals surface area contributed by atoms with Crippen LogP contribution in [0.25, 0.3) is 0 Å². The lowest BCUT2D eigenvalue weighted by Gasteiger charge is -2.15. The van der Waals surface area contributed by atoms with Crippen molar-refractivity contribution in [2.45, 2.75) is 32.4 Å². The first kappa shape index (κ1) is 16.0. The van der Waals surface area contributed by atoms with Crippen LogP contribution in [0.5, 0.6) is 0 Å². The van der Waals surface area contributed by atoms with Crippen LogP contribution in [-0.2, 0) is 16.1 Å². The second kappa shape index (κ2) is 8.16. The van der Waals surface area contributed by atoms with Gasteiger partial charge in [0.2, 0.25) is 0 Å². The molecule has 0 aliphatic rings. The van der Waals surface area contributed by atoms with Crippen LogP contribution in [0.4, 0.5) is 10.5 Å². The molecular weight excluding hydrogens is 260 g/mol. The Bertz CT molecular complexity index is 462. The number of carbonyl (C=O) groups excluding carboxylic acids is 1. The first-order valence-corrected chi connectivity index (χ1v) is 6.45. The van der Waals surface area contributed by atoms with E-state index < -0.39 is 18.0 Å². The number of nitrogens with one attached hydrogen (secondary N) is 2. The van der Waals surface area contributed by atoms with Gasteiger partial charge in [-0.15, -0.1) is 0 Å². The lowest BCUT2D eigenvalue weighted by Crippen LogP contribution is -2.43. The lowest BCUT2D eigenvalue weighted by atomic mass is 10.1. The molecule has 1 rings (SSSR count). The van der Waals surface area contributed by atoms with Crippen LogP contribution in [0.3, 0.4) is 0 Å². The highest BCUT2D eigenvalue weighted by Gasteiger charge is 2.19. The van der Waals surface area contributed by atoms with E-state index in [9.17, 15) is 9.59 Å². The van der Waals surface area contributed by atoms with E-state index in [4.69, 9.17) is 9.84 Å². The molecule has 2 amide bonds. The topological polar surface area (TPSA) is 87.7 Å². The fraction of sp³-hybridized carbons (Fsp3) is 0.429. The van der Waals surface area contributed by atoms with Gasteiger partial charge in [-0.1, -0.05) is 31.5 Å². The summed E-state index contributed by atoms with van der Waals surface area (Å²) in [5.41, 5.74) is 1.43. The smallest absolute Gasteiger partial charge is 0.326 e. The molecule has 6 nitrogen and oxygen atoms in total. The fourth-order valence-corrected chi connectivity index (χ4v) is 1.79. The molecule has 6 heteroatoms. The molecular formula is C14H20N2O4. The van der Waals surface area contributed by atoms with Gasteiger partial charge in [-0.05, 0) is 12.5 Å². The number of methoxy groups -OCH3 is 1. The summed E-state index contributed by atoms with van der Waals surface area (Å²) < 4.78 is 5.04. The summed E-state index contributed by atoms with van der Waals surface area (Å²) in [6.45, 7) is 2.23. The Labute approximate surface area is 118 Å². The fourth-order valence-electron chi connectivity index (χ4n) is 1.79. The second-order valence-corrected chi connectivity index (χ2v) is 4.37.